The van der Waals surface area contributed by atoms with Crippen LogP contribution in [0.4, 0.5) is 5.13 Å². The SMILES string of the molecule is COc1ccc(C(=O)N2CCN(c3nc4ccccc4s3)CC2)cc1. The maximum Gasteiger partial charge on any atom is 0.253 e. The van der Waals surface area contributed by atoms with Crippen LogP contribution in [0.1, 0.15) is 10.4 Å². The van der Waals surface area contributed by atoms with Gasteiger partial charge in [-0.05, 0) is 36.4 Å². The Morgan fingerprint density at radius 3 is 2.44 bits per heavy atom. The number of methoxy groups -OCH3 is 1. The van der Waals surface area contributed by atoms with E-state index < -0.39 is 0 Å². The fourth-order valence-corrected chi connectivity index (χ4v) is 4.03. The largest absolute Gasteiger partial charge is 0.497 e. The molecule has 1 aliphatic heterocycles. The number of carbonyl (C=O) groups is 1. The highest BCUT2D eigenvalue weighted by Gasteiger charge is 2.23. The normalized spacial score (nSPS) is 14.8. The van der Waals surface area contributed by atoms with E-state index in [0.717, 1.165) is 29.5 Å². The van der Waals surface area contributed by atoms with Crippen LogP contribution in [0.5, 0.6) is 5.75 Å². The van der Waals surface area contributed by atoms with E-state index in [1.807, 2.05) is 47.4 Å². The van der Waals surface area contributed by atoms with Gasteiger partial charge in [-0.25, -0.2) is 4.98 Å². The van der Waals surface area contributed by atoms with Crippen molar-refractivity contribution in [1.29, 1.82) is 0 Å². The number of benzene rings is 2. The van der Waals surface area contributed by atoms with Crippen molar-refractivity contribution in [2.24, 2.45) is 0 Å². The first kappa shape index (κ1) is 15.9. The van der Waals surface area contributed by atoms with Gasteiger partial charge < -0.3 is 14.5 Å². The average Bonchev–Trinajstić information content (AvgIpc) is 3.12. The van der Waals surface area contributed by atoms with Crippen molar-refractivity contribution >= 4 is 32.6 Å². The number of ether oxygens (including phenoxy) is 1. The van der Waals surface area contributed by atoms with Gasteiger partial charge in [-0.1, -0.05) is 23.5 Å². The summed E-state index contributed by atoms with van der Waals surface area (Å²) in [5, 5.41) is 1.04. The summed E-state index contributed by atoms with van der Waals surface area (Å²) in [6, 6.07) is 15.5. The lowest BCUT2D eigenvalue weighted by Gasteiger charge is -2.34. The third-order valence-corrected chi connectivity index (χ3v) is 5.55. The average molecular weight is 353 g/mol. The zero-order valence-electron chi connectivity index (χ0n) is 14.0. The second kappa shape index (κ2) is 6.72. The second-order valence-corrected chi connectivity index (χ2v) is 6.98. The summed E-state index contributed by atoms with van der Waals surface area (Å²) in [7, 11) is 1.62. The molecule has 0 N–H and O–H groups in total. The van der Waals surface area contributed by atoms with Gasteiger partial charge in [-0.3, -0.25) is 4.79 Å². The van der Waals surface area contributed by atoms with Gasteiger partial charge in [-0.2, -0.15) is 0 Å². The summed E-state index contributed by atoms with van der Waals surface area (Å²) in [4.78, 5) is 21.5. The van der Waals surface area contributed by atoms with Crippen LogP contribution in [0.3, 0.4) is 0 Å². The fraction of sp³-hybridized carbons (Fsp3) is 0.263. The Morgan fingerprint density at radius 1 is 1.04 bits per heavy atom. The van der Waals surface area contributed by atoms with E-state index in [4.69, 9.17) is 9.72 Å². The maximum absolute atomic E-state index is 12.6. The molecule has 0 aliphatic carbocycles. The van der Waals surface area contributed by atoms with Crippen LogP contribution >= 0.6 is 11.3 Å². The first-order valence-corrected chi connectivity index (χ1v) is 9.10. The molecule has 1 amide bonds. The Kier molecular flexibility index (Phi) is 4.28. The molecule has 2 aromatic carbocycles. The minimum absolute atomic E-state index is 0.0756. The van der Waals surface area contributed by atoms with Crippen LogP contribution in [0.25, 0.3) is 10.2 Å². The van der Waals surface area contributed by atoms with Crippen molar-refractivity contribution in [2.75, 3.05) is 38.2 Å². The molecule has 5 nitrogen and oxygen atoms in total. The molecule has 0 saturated carbocycles. The molecule has 6 heteroatoms. The Morgan fingerprint density at radius 2 is 1.76 bits per heavy atom. The summed E-state index contributed by atoms with van der Waals surface area (Å²) in [5.41, 5.74) is 1.74. The van der Waals surface area contributed by atoms with Crippen LogP contribution in [0.2, 0.25) is 0 Å². The quantitative estimate of drug-likeness (QED) is 0.725. The van der Waals surface area contributed by atoms with E-state index in [1.54, 1.807) is 18.4 Å². The summed E-state index contributed by atoms with van der Waals surface area (Å²) >= 11 is 1.71. The van der Waals surface area contributed by atoms with E-state index in [9.17, 15) is 4.79 Å². The first-order valence-electron chi connectivity index (χ1n) is 8.28. The zero-order chi connectivity index (χ0) is 17.2. The predicted molar refractivity (Wildman–Crippen MR) is 101 cm³/mol. The molecule has 3 aromatic rings. The summed E-state index contributed by atoms with van der Waals surface area (Å²) in [6.45, 7) is 3.03. The van der Waals surface area contributed by atoms with Crippen molar-refractivity contribution in [3.8, 4) is 5.75 Å². The van der Waals surface area contributed by atoms with Gasteiger partial charge in [-0.15, -0.1) is 0 Å². The number of amides is 1. The monoisotopic (exact) mass is 353 g/mol. The maximum atomic E-state index is 12.6. The highest BCUT2D eigenvalue weighted by Crippen LogP contribution is 2.29. The number of carbonyl (C=O) groups excluding carboxylic acids is 1. The number of nitrogens with zero attached hydrogens (tertiary/aromatic N) is 3. The molecule has 4 rings (SSSR count). The molecular weight excluding hydrogens is 334 g/mol. The minimum Gasteiger partial charge on any atom is -0.497 e. The number of rotatable bonds is 3. The summed E-state index contributed by atoms with van der Waals surface area (Å²) in [6.07, 6.45) is 0. The highest BCUT2D eigenvalue weighted by molar-refractivity contribution is 7.22. The summed E-state index contributed by atoms with van der Waals surface area (Å²) in [5.74, 6) is 0.837. The number of piperazine rings is 1. The summed E-state index contributed by atoms with van der Waals surface area (Å²) < 4.78 is 6.35. The Bertz CT molecular complexity index is 850. The third-order valence-electron chi connectivity index (χ3n) is 4.46. The Labute approximate surface area is 150 Å². The van der Waals surface area contributed by atoms with Crippen LogP contribution in [-0.2, 0) is 0 Å². The molecule has 1 aliphatic rings. The fourth-order valence-electron chi connectivity index (χ4n) is 3.01. The molecule has 0 radical (unpaired) electrons. The second-order valence-electron chi connectivity index (χ2n) is 5.97. The topological polar surface area (TPSA) is 45.7 Å². The molecule has 25 heavy (non-hydrogen) atoms. The predicted octanol–water partition coefficient (Wildman–Crippen LogP) is 3.27. The van der Waals surface area contributed by atoms with E-state index in [0.29, 0.717) is 18.7 Å². The first-order chi connectivity index (χ1) is 12.2. The van der Waals surface area contributed by atoms with Crippen molar-refractivity contribution in [3.05, 3.63) is 54.1 Å². The van der Waals surface area contributed by atoms with Crippen molar-refractivity contribution < 1.29 is 9.53 Å². The molecule has 1 aromatic heterocycles. The van der Waals surface area contributed by atoms with Crippen LogP contribution < -0.4 is 9.64 Å². The van der Waals surface area contributed by atoms with Gasteiger partial charge >= 0.3 is 0 Å². The zero-order valence-corrected chi connectivity index (χ0v) is 14.8. The molecule has 1 fully saturated rings. The Balaban J connectivity index is 1.42. The van der Waals surface area contributed by atoms with Crippen molar-refractivity contribution in [3.63, 3.8) is 0 Å². The lowest BCUT2D eigenvalue weighted by atomic mass is 10.1. The molecule has 0 unspecified atom stereocenters. The van der Waals surface area contributed by atoms with Crippen molar-refractivity contribution in [2.45, 2.75) is 0 Å². The van der Waals surface area contributed by atoms with Crippen LogP contribution in [-0.4, -0.2) is 49.1 Å². The van der Waals surface area contributed by atoms with Gasteiger partial charge in [0.1, 0.15) is 5.75 Å². The third kappa shape index (κ3) is 3.17. The number of aromatic nitrogens is 1. The number of anilines is 1. The van der Waals surface area contributed by atoms with Gasteiger partial charge in [0, 0.05) is 31.7 Å². The number of hydrogen-bond donors (Lipinski definition) is 0. The lowest BCUT2D eigenvalue weighted by Crippen LogP contribution is -2.48. The van der Waals surface area contributed by atoms with Gasteiger partial charge in [0.15, 0.2) is 5.13 Å². The van der Waals surface area contributed by atoms with E-state index in [1.165, 1.54) is 4.70 Å². The molecule has 0 bridgehead atoms. The van der Waals surface area contributed by atoms with Gasteiger partial charge in [0.2, 0.25) is 0 Å². The molecule has 0 spiro atoms. The van der Waals surface area contributed by atoms with E-state index in [-0.39, 0.29) is 5.91 Å². The number of hydrogen-bond acceptors (Lipinski definition) is 5. The number of thiazole rings is 1. The minimum atomic E-state index is 0.0756. The molecule has 128 valence electrons. The van der Waals surface area contributed by atoms with Gasteiger partial charge in [0.05, 0.1) is 17.3 Å². The Hall–Kier alpha value is -2.60. The van der Waals surface area contributed by atoms with Crippen LogP contribution in [0, 0.1) is 0 Å². The molecule has 2 heterocycles. The van der Waals surface area contributed by atoms with E-state index >= 15 is 0 Å². The highest BCUT2D eigenvalue weighted by atomic mass is 32.1. The van der Waals surface area contributed by atoms with Gasteiger partial charge in [0.25, 0.3) is 5.91 Å². The number of para-hydroxylation sites is 1. The molecular formula is C19H19N3O2S. The molecule has 0 atom stereocenters. The lowest BCUT2D eigenvalue weighted by molar-refractivity contribution is 0.0746. The van der Waals surface area contributed by atoms with Crippen molar-refractivity contribution in [1.82, 2.24) is 9.88 Å². The molecule has 1 saturated heterocycles. The van der Waals surface area contributed by atoms with E-state index in [2.05, 4.69) is 11.0 Å². The standard InChI is InChI=1S/C19H19N3O2S/c1-24-15-8-6-14(7-9-15)18(23)21-10-12-22(13-11-21)19-20-16-4-2-3-5-17(16)25-19/h2-9H,10-13H2,1H3. The smallest absolute Gasteiger partial charge is 0.253 e. The number of fused-ring (bicyclic) bond motifs is 1. The van der Waals surface area contributed by atoms with Crippen LogP contribution in [0.15, 0.2) is 48.5 Å².